The standard InChI is InChI=1S/C17H17NO3S/c1-13-6-3-4-7-14(13)10-11-17(19)15-8-5-9-16(12-15)18-22(2,20)21/h3-12,18H,1-2H3/b11-10-. The van der Waals surface area contributed by atoms with Gasteiger partial charge in [0.25, 0.3) is 0 Å². The van der Waals surface area contributed by atoms with Gasteiger partial charge in [0.2, 0.25) is 10.0 Å². The predicted octanol–water partition coefficient (Wildman–Crippen LogP) is 3.26. The number of benzene rings is 2. The van der Waals surface area contributed by atoms with Gasteiger partial charge in [0.15, 0.2) is 5.78 Å². The summed E-state index contributed by atoms with van der Waals surface area (Å²) < 4.78 is 24.8. The molecule has 114 valence electrons. The summed E-state index contributed by atoms with van der Waals surface area (Å²) in [5.41, 5.74) is 2.86. The van der Waals surface area contributed by atoms with Crippen molar-refractivity contribution in [2.45, 2.75) is 6.92 Å². The monoisotopic (exact) mass is 315 g/mol. The Balaban J connectivity index is 2.20. The molecule has 0 aliphatic heterocycles. The van der Waals surface area contributed by atoms with Crippen molar-refractivity contribution in [2.75, 3.05) is 11.0 Å². The second-order valence-corrected chi connectivity index (χ2v) is 6.76. The molecule has 0 fully saturated rings. The van der Waals surface area contributed by atoms with Crippen LogP contribution >= 0.6 is 0 Å². The topological polar surface area (TPSA) is 63.2 Å². The Hall–Kier alpha value is -2.40. The lowest BCUT2D eigenvalue weighted by atomic mass is 10.1. The Morgan fingerprint density at radius 2 is 1.82 bits per heavy atom. The first-order valence-corrected chi connectivity index (χ1v) is 8.60. The molecule has 0 aliphatic rings. The van der Waals surface area contributed by atoms with Gasteiger partial charge < -0.3 is 0 Å². The van der Waals surface area contributed by atoms with Gasteiger partial charge in [-0.25, -0.2) is 8.42 Å². The number of anilines is 1. The average molecular weight is 315 g/mol. The Kier molecular flexibility index (Phi) is 4.78. The van der Waals surface area contributed by atoms with Gasteiger partial charge in [-0.15, -0.1) is 0 Å². The largest absolute Gasteiger partial charge is 0.289 e. The second-order valence-electron chi connectivity index (χ2n) is 5.01. The maximum Gasteiger partial charge on any atom is 0.229 e. The molecule has 0 bridgehead atoms. The summed E-state index contributed by atoms with van der Waals surface area (Å²) in [6, 6.07) is 14.2. The highest BCUT2D eigenvalue weighted by Gasteiger charge is 2.06. The fourth-order valence-electron chi connectivity index (χ4n) is 1.99. The zero-order chi connectivity index (χ0) is 16.2. The molecule has 0 heterocycles. The molecule has 0 atom stereocenters. The number of carbonyl (C=O) groups is 1. The quantitative estimate of drug-likeness (QED) is 0.680. The number of nitrogens with one attached hydrogen (secondary N) is 1. The average Bonchev–Trinajstić information content (AvgIpc) is 2.44. The molecule has 0 radical (unpaired) electrons. The first kappa shape index (κ1) is 16.0. The zero-order valence-electron chi connectivity index (χ0n) is 12.4. The molecule has 2 rings (SSSR count). The highest BCUT2D eigenvalue weighted by atomic mass is 32.2. The van der Waals surface area contributed by atoms with E-state index in [0.29, 0.717) is 11.3 Å². The summed E-state index contributed by atoms with van der Waals surface area (Å²) in [7, 11) is -3.36. The van der Waals surface area contributed by atoms with Crippen LogP contribution in [-0.2, 0) is 10.0 Å². The van der Waals surface area contributed by atoms with Gasteiger partial charge in [-0.3, -0.25) is 9.52 Å². The third kappa shape index (κ3) is 4.56. The van der Waals surface area contributed by atoms with Crippen LogP contribution in [0.2, 0.25) is 0 Å². The van der Waals surface area contributed by atoms with E-state index < -0.39 is 10.0 Å². The number of sulfonamides is 1. The van der Waals surface area contributed by atoms with E-state index in [1.54, 1.807) is 24.3 Å². The number of hydrogen-bond donors (Lipinski definition) is 1. The summed E-state index contributed by atoms with van der Waals surface area (Å²) in [6.07, 6.45) is 4.32. The number of carbonyl (C=O) groups excluding carboxylic acids is 1. The molecule has 0 aromatic heterocycles. The van der Waals surface area contributed by atoms with E-state index in [4.69, 9.17) is 0 Å². The first-order chi connectivity index (χ1) is 10.3. The summed E-state index contributed by atoms with van der Waals surface area (Å²) >= 11 is 0. The normalized spacial score (nSPS) is 11.5. The Labute approximate surface area is 130 Å². The SMILES string of the molecule is Cc1ccccc1/C=C\C(=O)c1cccc(NS(C)(=O)=O)c1. The van der Waals surface area contributed by atoms with Crippen molar-refractivity contribution < 1.29 is 13.2 Å². The Morgan fingerprint density at radius 1 is 1.09 bits per heavy atom. The number of allylic oxidation sites excluding steroid dienone is 1. The van der Waals surface area contributed by atoms with Crippen molar-refractivity contribution in [1.82, 2.24) is 0 Å². The summed E-state index contributed by atoms with van der Waals surface area (Å²) in [4.78, 5) is 12.2. The van der Waals surface area contributed by atoms with Crippen molar-refractivity contribution in [3.8, 4) is 0 Å². The van der Waals surface area contributed by atoms with E-state index >= 15 is 0 Å². The van der Waals surface area contributed by atoms with E-state index in [1.807, 2.05) is 31.2 Å². The van der Waals surface area contributed by atoms with Gasteiger partial charge in [0.05, 0.1) is 6.26 Å². The van der Waals surface area contributed by atoms with Crippen molar-refractivity contribution in [1.29, 1.82) is 0 Å². The van der Waals surface area contributed by atoms with Crippen molar-refractivity contribution >= 4 is 27.6 Å². The van der Waals surface area contributed by atoms with E-state index in [1.165, 1.54) is 12.1 Å². The number of hydrogen-bond acceptors (Lipinski definition) is 3. The molecule has 5 heteroatoms. The maximum atomic E-state index is 12.2. The number of rotatable bonds is 5. The fraction of sp³-hybridized carbons (Fsp3) is 0.118. The van der Waals surface area contributed by atoms with Gasteiger partial charge in [-0.2, -0.15) is 0 Å². The Bertz CT molecular complexity index is 823. The third-order valence-corrected chi connectivity index (χ3v) is 3.66. The van der Waals surface area contributed by atoms with E-state index in [2.05, 4.69) is 4.72 Å². The van der Waals surface area contributed by atoms with Crippen LogP contribution in [0.4, 0.5) is 5.69 Å². The lowest BCUT2D eigenvalue weighted by Gasteiger charge is -2.05. The lowest BCUT2D eigenvalue weighted by molar-refractivity contribution is 0.104. The van der Waals surface area contributed by atoms with E-state index in [-0.39, 0.29) is 5.78 Å². The molecular weight excluding hydrogens is 298 g/mol. The molecule has 0 spiro atoms. The molecule has 1 N–H and O–H groups in total. The van der Waals surface area contributed by atoms with Gasteiger partial charge in [0, 0.05) is 11.3 Å². The maximum absolute atomic E-state index is 12.2. The van der Waals surface area contributed by atoms with Crippen molar-refractivity contribution in [2.24, 2.45) is 0 Å². The first-order valence-electron chi connectivity index (χ1n) is 6.71. The minimum absolute atomic E-state index is 0.180. The number of ketones is 1. The molecular formula is C17H17NO3S. The zero-order valence-corrected chi connectivity index (χ0v) is 13.2. The molecule has 0 amide bonds. The van der Waals surface area contributed by atoms with Crippen molar-refractivity contribution in [3.05, 3.63) is 71.3 Å². The summed E-state index contributed by atoms with van der Waals surface area (Å²) in [6.45, 7) is 1.97. The van der Waals surface area contributed by atoms with Crippen LogP contribution in [0.25, 0.3) is 6.08 Å². The minimum Gasteiger partial charge on any atom is -0.289 e. The van der Waals surface area contributed by atoms with Crippen LogP contribution in [0.3, 0.4) is 0 Å². The minimum atomic E-state index is -3.36. The molecule has 22 heavy (non-hydrogen) atoms. The van der Waals surface area contributed by atoms with Crippen molar-refractivity contribution in [3.63, 3.8) is 0 Å². The van der Waals surface area contributed by atoms with Crippen LogP contribution in [0, 0.1) is 6.92 Å². The van der Waals surface area contributed by atoms with Gasteiger partial charge in [-0.1, -0.05) is 42.5 Å². The third-order valence-electron chi connectivity index (χ3n) is 3.05. The van der Waals surface area contributed by atoms with Gasteiger partial charge in [-0.05, 0) is 36.3 Å². The van der Waals surface area contributed by atoms with E-state index in [9.17, 15) is 13.2 Å². The predicted molar refractivity (Wildman–Crippen MR) is 89.5 cm³/mol. The highest BCUT2D eigenvalue weighted by Crippen LogP contribution is 2.14. The fourth-order valence-corrected chi connectivity index (χ4v) is 2.54. The summed E-state index contributed by atoms with van der Waals surface area (Å²) in [5, 5.41) is 0. The smallest absolute Gasteiger partial charge is 0.229 e. The lowest BCUT2D eigenvalue weighted by Crippen LogP contribution is -2.10. The number of aryl methyl sites for hydroxylation is 1. The molecule has 4 nitrogen and oxygen atoms in total. The van der Waals surface area contributed by atoms with Crippen LogP contribution in [0.1, 0.15) is 21.5 Å². The van der Waals surface area contributed by atoms with Crippen LogP contribution in [0.15, 0.2) is 54.6 Å². The molecule has 0 saturated carbocycles. The second kappa shape index (κ2) is 6.58. The van der Waals surface area contributed by atoms with E-state index in [0.717, 1.165) is 17.4 Å². The highest BCUT2D eigenvalue weighted by molar-refractivity contribution is 7.92. The van der Waals surface area contributed by atoms with Crippen LogP contribution < -0.4 is 4.72 Å². The van der Waals surface area contributed by atoms with Crippen LogP contribution in [-0.4, -0.2) is 20.5 Å². The Morgan fingerprint density at radius 3 is 2.50 bits per heavy atom. The molecule has 0 aliphatic carbocycles. The van der Waals surface area contributed by atoms with Crippen LogP contribution in [0.5, 0.6) is 0 Å². The molecule has 2 aromatic carbocycles. The molecule has 2 aromatic rings. The van der Waals surface area contributed by atoms with Gasteiger partial charge in [0.1, 0.15) is 0 Å². The summed E-state index contributed by atoms with van der Waals surface area (Å²) in [5.74, 6) is -0.180. The molecule has 0 saturated heterocycles. The van der Waals surface area contributed by atoms with Gasteiger partial charge >= 0.3 is 0 Å². The molecule has 0 unspecified atom stereocenters.